The highest BCUT2D eigenvalue weighted by Gasteiger charge is 2.24. The van der Waals surface area contributed by atoms with Gasteiger partial charge >= 0.3 is 0 Å². The number of halogens is 1. The molecule has 1 saturated heterocycles. The molecule has 0 radical (unpaired) electrons. The second-order valence-corrected chi connectivity index (χ2v) is 7.32. The molecule has 2 heterocycles. The highest BCUT2D eigenvalue weighted by atomic mass is 79.9. The molecule has 0 N–H and O–H groups in total. The van der Waals surface area contributed by atoms with Gasteiger partial charge in [0.1, 0.15) is 5.01 Å². The summed E-state index contributed by atoms with van der Waals surface area (Å²) in [6, 6.07) is 0.473. The van der Waals surface area contributed by atoms with Crippen molar-refractivity contribution in [1.82, 2.24) is 9.88 Å². The van der Waals surface area contributed by atoms with E-state index in [0.29, 0.717) is 6.04 Å². The predicted octanol–water partition coefficient (Wildman–Crippen LogP) is 3.04. The number of hydrogen-bond donors (Lipinski definition) is 0. The summed E-state index contributed by atoms with van der Waals surface area (Å²) in [7, 11) is 0. The summed E-state index contributed by atoms with van der Waals surface area (Å²) < 4.78 is 5.51. The molecule has 1 aromatic heterocycles. The molecule has 1 atom stereocenters. The van der Waals surface area contributed by atoms with E-state index in [9.17, 15) is 0 Å². The van der Waals surface area contributed by atoms with E-state index in [2.05, 4.69) is 47.0 Å². The van der Waals surface area contributed by atoms with Crippen molar-refractivity contribution in [3.8, 4) is 0 Å². The molecule has 1 unspecified atom stereocenters. The van der Waals surface area contributed by atoms with Gasteiger partial charge in [-0.25, -0.2) is 4.98 Å². The fraction of sp³-hybridized carbons (Fsp3) is 0.769. The lowest BCUT2D eigenvalue weighted by Crippen LogP contribution is -2.45. The summed E-state index contributed by atoms with van der Waals surface area (Å²) in [4.78, 5) is 7.23. The Morgan fingerprint density at radius 2 is 2.33 bits per heavy atom. The number of rotatable bonds is 3. The van der Waals surface area contributed by atoms with E-state index in [0.717, 1.165) is 31.6 Å². The molecule has 0 saturated carbocycles. The largest absolute Gasteiger partial charge is 0.378 e. The average molecular weight is 333 g/mol. The van der Waals surface area contributed by atoms with Gasteiger partial charge in [-0.15, -0.1) is 11.3 Å². The summed E-state index contributed by atoms with van der Waals surface area (Å²) in [6.45, 7) is 10.2. The molecule has 1 aliphatic heterocycles. The van der Waals surface area contributed by atoms with Crippen molar-refractivity contribution < 1.29 is 4.74 Å². The third kappa shape index (κ3) is 3.53. The van der Waals surface area contributed by atoms with Crippen LogP contribution in [0.4, 0.5) is 0 Å². The van der Waals surface area contributed by atoms with Gasteiger partial charge in [0.25, 0.3) is 0 Å². The Balaban J connectivity index is 2.02. The Morgan fingerprint density at radius 3 is 2.94 bits per heavy atom. The second-order valence-electron chi connectivity index (χ2n) is 5.73. The fourth-order valence-electron chi connectivity index (χ4n) is 1.94. The van der Waals surface area contributed by atoms with Gasteiger partial charge in [-0.3, -0.25) is 4.90 Å². The molecule has 1 aliphatic rings. The van der Waals surface area contributed by atoms with E-state index < -0.39 is 0 Å². The molecule has 102 valence electrons. The van der Waals surface area contributed by atoms with Gasteiger partial charge in [0.15, 0.2) is 0 Å². The van der Waals surface area contributed by atoms with Crippen LogP contribution in [0.25, 0.3) is 0 Å². The van der Waals surface area contributed by atoms with Crippen LogP contribution in [0.1, 0.15) is 31.5 Å². The van der Waals surface area contributed by atoms with Crippen molar-refractivity contribution in [3.05, 3.63) is 16.1 Å². The maximum absolute atomic E-state index is 5.51. The summed E-state index contributed by atoms with van der Waals surface area (Å²) in [5.74, 6) is 0. The van der Waals surface area contributed by atoms with E-state index in [-0.39, 0.29) is 5.41 Å². The lowest BCUT2D eigenvalue weighted by molar-refractivity contribution is -0.00217. The Morgan fingerprint density at radius 1 is 1.56 bits per heavy atom. The zero-order valence-electron chi connectivity index (χ0n) is 11.3. The first-order valence-corrected chi connectivity index (χ1v) is 8.33. The topological polar surface area (TPSA) is 25.4 Å². The molecule has 0 bridgehead atoms. The molecular weight excluding hydrogens is 312 g/mol. The molecular formula is C13H21BrN2OS. The lowest BCUT2D eigenvalue weighted by atomic mass is 9.93. The molecule has 3 nitrogen and oxygen atoms in total. The van der Waals surface area contributed by atoms with Crippen molar-refractivity contribution >= 4 is 27.3 Å². The van der Waals surface area contributed by atoms with Crippen LogP contribution in [-0.2, 0) is 16.7 Å². The number of thiazole rings is 1. The van der Waals surface area contributed by atoms with Gasteiger partial charge in [-0.2, -0.15) is 0 Å². The summed E-state index contributed by atoms with van der Waals surface area (Å²) in [5.41, 5.74) is 1.35. The van der Waals surface area contributed by atoms with E-state index >= 15 is 0 Å². The van der Waals surface area contributed by atoms with Crippen LogP contribution in [0.2, 0.25) is 0 Å². The number of morpholine rings is 1. The maximum Gasteiger partial charge on any atom is 0.107 e. The predicted molar refractivity (Wildman–Crippen MR) is 79.6 cm³/mol. The first-order chi connectivity index (χ1) is 8.50. The van der Waals surface area contributed by atoms with E-state index in [1.807, 2.05) is 0 Å². The van der Waals surface area contributed by atoms with Gasteiger partial charge in [0.2, 0.25) is 0 Å². The SMILES string of the molecule is CC(C)(C)c1csc(CN2CCOCC2CBr)n1. The molecule has 5 heteroatoms. The van der Waals surface area contributed by atoms with Gasteiger partial charge in [-0.1, -0.05) is 36.7 Å². The van der Waals surface area contributed by atoms with Crippen LogP contribution < -0.4 is 0 Å². The van der Waals surface area contributed by atoms with Crippen molar-refractivity contribution in [2.75, 3.05) is 25.1 Å². The molecule has 1 aromatic rings. The summed E-state index contributed by atoms with van der Waals surface area (Å²) >= 11 is 5.34. The Kier molecular flexibility index (Phi) is 4.80. The highest BCUT2D eigenvalue weighted by molar-refractivity contribution is 9.09. The van der Waals surface area contributed by atoms with Crippen LogP contribution in [0.5, 0.6) is 0 Å². The first kappa shape index (κ1) is 14.4. The lowest BCUT2D eigenvalue weighted by Gasteiger charge is -2.33. The van der Waals surface area contributed by atoms with E-state index in [1.165, 1.54) is 10.7 Å². The average Bonchev–Trinajstić information content (AvgIpc) is 2.78. The summed E-state index contributed by atoms with van der Waals surface area (Å²) in [5, 5.41) is 4.37. The van der Waals surface area contributed by atoms with Crippen LogP contribution in [0.3, 0.4) is 0 Å². The number of alkyl halides is 1. The van der Waals surface area contributed by atoms with Crippen LogP contribution in [0, 0.1) is 0 Å². The minimum atomic E-state index is 0.147. The zero-order valence-corrected chi connectivity index (χ0v) is 13.7. The first-order valence-electron chi connectivity index (χ1n) is 6.33. The summed E-state index contributed by atoms with van der Waals surface area (Å²) in [6.07, 6.45) is 0. The molecule has 2 rings (SSSR count). The maximum atomic E-state index is 5.51. The monoisotopic (exact) mass is 332 g/mol. The Hall–Kier alpha value is 0.0300. The molecule has 0 aliphatic carbocycles. The third-order valence-corrected chi connectivity index (χ3v) is 4.77. The van der Waals surface area contributed by atoms with Crippen LogP contribution in [-0.4, -0.2) is 41.0 Å². The quantitative estimate of drug-likeness (QED) is 0.795. The van der Waals surface area contributed by atoms with Gasteiger partial charge < -0.3 is 4.74 Å². The number of nitrogens with zero attached hydrogens (tertiary/aromatic N) is 2. The molecule has 0 spiro atoms. The smallest absolute Gasteiger partial charge is 0.107 e. The molecule has 0 amide bonds. The highest BCUT2D eigenvalue weighted by Crippen LogP contribution is 2.25. The molecule has 1 fully saturated rings. The zero-order chi connectivity index (χ0) is 13.2. The number of ether oxygens (including phenoxy) is 1. The van der Waals surface area contributed by atoms with E-state index in [1.54, 1.807) is 11.3 Å². The van der Waals surface area contributed by atoms with E-state index in [4.69, 9.17) is 9.72 Å². The number of aromatic nitrogens is 1. The van der Waals surface area contributed by atoms with Gasteiger partial charge in [0.05, 0.1) is 25.5 Å². The van der Waals surface area contributed by atoms with Crippen molar-refractivity contribution in [2.24, 2.45) is 0 Å². The normalized spacial score (nSPS) is 22.3. The van der Waals surface area contributed by atoms with Gasteiger partial charge in [-0.05, 0) is 0 Å². The van der Waals surface area contributed by atoms with Crippen molar-refractivity contribution in [1.29, 1.82) is 0 Å². The second kappa shape index (κ2) is 5.99. The minimum Gasteiger partial charge on any atom is -0.378 e. The standard InChI is InChI=1S/C13H21BrN2OS/c1-13(2,3)11-9-18-12(15-11)7-16-4-5-17-8-10(16)6-14/h9-10H,4-8H2,1-3H3. The fourth-order valence-corrected chi connectivity index (χ4v) is 3.58. The van der Waals surface area contributed by atoms with Gasteiger partial charge in [0, 0.05) is 28.7 Å². The molecule has 0 aromatic carbocycles. The van der Waals surface area contributed by atoms with Crippen molar-refractivity contribution in [3.63, 3.8) is 0 Å². The minimum absolute atomic E-state index is 0.147. The Bertz CT molecular complexity index is 389. The van der Waals surface area contributed by atoms with Crippen LogP contribution in [0.15, 0.2) is 5.38 Å². The van der Waals surface area contributed by atoms with Crippen LogP contribution >= 0.6 is 27.3 Å². The molecule has 18 heavy (non-hydrogen) atoms. The third-order valence-electron chi connectivity index (χ3n) is 3.19. The number of hydrogen-bond acceptors (Lipinski definition) is 4. The van der Waals surface area contributed by atoms with Crippen molar-refractivity contribution in [2.45, 2.75) is 38.8 Å². The Labute approximate surface area is 122 Å².